The van der Waals surface area contributed by atoms with E-state index < -0.39 is 0 Å². The molecule has 0 aliphatic rings. The van der Waals surface area contributed by atoms with Gasteiger partial charge >= 0.3 is 0 Å². The summed E-state index contributed by atoms with van der Waals surface area (Å²) < 4.78 is 20.2. The topological polar surface area (TPSA) is 53.1 Å². The Morgan fingerprint density at radius 1 is 1.53 bits per heavy atom. The molecule has 2 rings (SSSR count). The average Bonchev–Trinajstić information content (AvgIpc) is 2.61. The van der Waals surface area contributed by atoms with Crippen molar-refractivity contribution >= 4 is 17.0 Å². The van der Waals surface area contributed by atoms with Crippen LogP contribution in [0, 0.1) is 5.82 Å². The number of hydrogen-bond donors (Lipinski definition) is 1. The van der Waals surface area contributed by atoms with Crippen molar-refractivity contribution in [2.45, 2.75) is 19.4 Å². The van der Waals surface area contributed by atoms with Crippen molar-refractivity contribution in [3.63, 3.8) is 0 Å². The van der Waals surface area contributed by atoms with Gasteiger partial charge in [-0.15, -0.1) is 0 Å². The first kappa shape index (κ1) is 11.9. The highest BCUT2D eigenvalue weighted by Crippen LogP contribution is 2.25. The molecule has 92 valence electrons. The molecule has 2 N–H and O–H groups in total. The standard InChI is InChI=1S/C12H16FN3O/c1-3-9(7-17-2)16-11-5-4-8(13)6-10(11)15-12(16)14/h4-6,9H,3,7H2,1-2H3,(H2,14,15). The summed E-state index contributed by atoms with van der Waals surface area (Å²) in [5.74, 6) is 0.0939. The quantitative estimate of drug-likeness (QED) is 0.888. The Labute approximate surface area is 99.2 Å². The van der Waals surface area contributed by atoms with Crippen molar-refractivity contribution in [1.29, 1.82) is 0 Å². The number of nitrogens with zero attached hydrogens (tertiary/aromatic N) is 2. The largest absolute Gasteiger partial charge is 0.383 e. The number of aromatic nitrogens is 2. The molecule has 0 fully saturated rings. The van der Waals surface area contributed by atoms with Crippen molar-refractivity contribution in [3.05, 3.63) is 24.0 Å². The van der Waals surface area contributed by atoms with Crippen LogP contribution in [-0.4, -0.2) is 23.3 Å². The lowest BCUT2D eigenvalue weighted by atomic mass is 10.2. The Morgan fingerprint density at radius 2 is 2.29 bits per heavy atom. The highest BCUT2D eigenvalue weighted by molar-refractivity contribution is 5.78. The zero-order valence-corrected chi connectivity index (χ0v) is 9.98. The van der Waals surface area contributed by atoms with Crippen molar-refractivity contribution in [1.82, 2.24) is 9.55 Å². The Hall–Kier alpha value is -1.62. The van der Waals surface area contributed by atoms with Crippen LogP contribution >= 0.6 is 0 Å². The molecule has 0 bridgehead atoms. The molecule has 0 saturated carbocycles. The van der Waals surface area contributed by atoms with Crippen LogP contribution in [0.15, 0.2) is 18.2 Å². The lowest BCUT2D eigenvalue weighted by Gasteiger charge is -2.17. The predicted octanol–water partition coefficient (Wildman–Crippen LogP) is 2.36. The number of hydrogen-bond acceptors (Lipinski definition) is 3. The molecule has 0 radical (unpaired) electrons. The zero-order chi connectivity index (χ0) is 12.4. The fraction of sp³-hybridized carbons (Fsp3) is 0.417. The Morgan fingerprint density at radius 3 is 2.94 bits per heavy atom. The minimum absolute atomic E-state index is 0.121. The van der Waals surface area contributed by atoms with Crippen LogP contribution in [-0.2, 0) is 4.74 Å². The minimum Gasteiger partial charge on any atom is -0.383 e. The highest BCUT2D eigenvalue weighted by atomic mass is 19.1. The van der Waals surface area contributed by atoms with Gasteiger partial charge < -0.3 is 15.0 Å². The molecule has 0 spiro atoms. The third-order valence-electron chi connectivity index (χ3n) is 2.87. The number of nitrogens with two attached hydrogens (primary N) is 1. The molecule has 5 heteroatoms. The van der Waals surface area contributed by atoms with Gasteiger partial charge in [-0.1, -0.05) is 6.92 Å². The molecule has 4 nitrogen and oxygen atoms in total. The first-order valence-electron chi connectivity index (χ1n) is 5.59. The molecule has 0 aliphatic carbocycles. The molecule has 0 aliphatic heterocycles. The second-order valence-corrected chi connectivity index (χ2v) is 3.99. The van der Waals surface area contributed by atoms with Gasteiger partial charge in [0.05, 0.1) is 23.7 Å². The van der Waals surface area contributed by atoms with E-state index in [-0.39, 0.29) is 11.9 Å². The number of rotatable bonds is 4. The van der Waals surface area contributed by atoms with Crippen LogP contribution < -0.4 is 5.73 Å². The minimum atomic E-state index is -0.304. The van der Waals surface area contributed by atoms with Gasteiger partial charge in [-0.2, -0.15) is 0 Å². The summed E-state index contributed by atoms with van der Waals surface area (Å²) in [5, 5.41) is 0. The van der Waals surface area contributed by atoms with Crippen LogP contribution in [0.3, 0.4) is 0 Å². The molecular weight excluding hydrogens is 221 g/mol. The van der Waals surface area contributed by atoms with E-state index in [0.29, 0.717) is 18.1 Å². The van der Waals surface area contributed by atoms with Crippen LogP contribution in [0.4, 0.5) is 10.3 Å². The van der Waals surface area contributed by atoms with Crippen LogP contribution in [0.2, 0.25) is 0 Å². The summed E-state index contributed by atoms with van der Waals surface area (Å²) in [6, 6.07) is 4.63. The third-order valence-corrected chi connectivity index (χ3v) is 2.87. The maximum Gasteiger partial charge on any atom is 0.201 e. The second kappa shape index (κ2) is 4.71. The van der Waals surface area contributed by atoms with Gasteiger partial charge in [0.2, 0.25) is 5.95 Å². The number of ether oxygens (including phenoxy) is 1. The molecular formula is C12H16FN3O. The lowest BCUT2D eigenvalue weighted by Crippen LogP contribution is -2.15. The number of fused-ring (bicyclic) bond motifs is 1. The third kappa shape index (κ3) is 2.10. The number of nitrogen functional groups attached to an aromatic ring is 1. The Kier molecular flexibility index (Phi) is 3.28. The van der Waals surface area contributed by atoms with E-state index in [1.54, 1.807) is 13.2 Å². The fourth-order valence-corrected chi connectivity index (χ4v) is 2.04. The highest BCUT2D eigenvalue weighted by Gasteiger charge is 2.16. The van der Waals surface area contributed by atoms with Gasteiger partial charge in [0.15, 0.2) is 0 Å². The second-order valence-electron chi connectivity index (χ2n) is 3.99. The number of methoxy groups -OCH3 is 1. The number of halogens is 1. The molecule has 0 amide bonds. The van der Waals surface area contributed by atoms with Crippen molar-refractivity contribution in [3.8, 4) is 0 Å². The first-order valence-corrected chi connectivity index (χ1v) is 5.59. The average molecular weight is 237 g/mol. The smallest absolute Gasteiger partial charge is 0.201 e. The molecule has 0 saturated heterocycles. The summed E-state index contributed by atoms with van der Waals surface area (Å²) in [5.41, 5.74) is 7.31. The van der Waals surface area contributed by atoms with Crippen LogP contribution in [0.1, 0.15) is 19.4 Å². The van der Waals surface area contributed by atoms with Gasteiger partial charge in [0.25, 0.3) is 0 Å². The maximum absolute atomic E-state index is 13.1. The van der Waals surface area contributed by atoms with Crippen molar-refractivity contribution in [2.75, 3.05) is 19.5 Å². The van der Waals surface area contributed by atoms with E-state index in [1.807, 2.05) is 4.57 Å². The molecule has 1 heterocycles. The monoisotopic (exact) mass is 237 g/mol. The summed E-state index contributed by atoms with van der Waals surface area (Å²) in [4.78, 5) is 4.17. The van der Waals surface area contributed by atoms with E-state index in [4.69, 9.17) is 10.5 Å². The molecule has 17 heavy (non-hydrogen) atoms. The van der Waals surface area contributed by atoms with Gasteiger partial charge in [0.1, 0.15) is 5.82 Å². The predicted molar refractivity (Wildman–Crippen MR) is 65.3 cm³/mol. The SMILES string of the molecule is CCC(COC)n1c(N)nc2cc(F)ccc21. The zero-order valence-electron chi connectivity index (χ0n) is 9.98. The molecule has 2 aromatic rings. The lowest BCUT2D eigenvalue weighted by molar-refractivity contribution is 0.155. The van der Waals surface area contributed by atoms with E-state index >= 15 is 0 Å². The van der Waals surface area contributed by atoms with E-state index in [0.717, 1.165) is 11.9 Å². The molecule has 1 unspecified atom stereocenters. The van der Waals surface area contributed by atoms with Gasteiger partial charge in [0, 0.05) is 13.2 Å². The van der Waals surface area contributed by atoms with Gasteiger partial charge in [-0.05, 0) is 18.6 Å². The summed E-state index contributed by atoms with van der Waals surface area (Å²) in [7, 11) is 1.65. The van der Waals surface area contributed by atoms with E-state index in [2.05, 4.69) is 11.9 Å². The summed E-state index contributed by atoms with van der Waals surface area (Å²) in [6.07, 6.45) is 0.876. The molecule has 1 aromatic heterocycles. The molecule has 1 aromatic carbocycles. The Bertz CT molecular complexity index is 524. The number of benzene rings is 1. The van der Waals surface area contributed by atoms with E-state index in [1.165, 1.54) is 12.1 Å². The normalized spacial score (nSPS) is 13.1. The van der Waals surface area contributed by atoms with Crippen LogP contribution in [0.5, 0.6) is 0 Å². The first-order chi connectivity index (χ1) is 8.17. The summed E-state index contributed by atoms with van der Waals surface area (Å²) >= 11 is 0. The van der Waals surface area contributed by atoms with Gasteiger partial charge in [-0.3, -0.25) is 0 Å². The number of anilines is 1. The number of imidazole rings is 1. The van der Waals surface area contributed by atoms with Gasteiger partial charge in [-0.25, -0.2) is 9.37 Å². The Balaban J connectivity index is 2.55. The summed E-state index contributed by atoms with van der Waals surface area (Å²) in [6.45, 7) is 2.61. The van der Waals surface area contributed by atoms with Crippen LogP contribution in [0.25, 0.3) is 11.0 Å². The van der Waals surface area contributed by atoms with E-state index in [9.17, 15) is 4.39 Å². The molecule has 1 atom stereocenters. The maximum atomic E-state index is 13.1. The van der Waals surface area contributed by atoms with Crippen molar-refractivity contribution in [2.24, 2.45) is 0 Å². The fourth-order valence-electron chi connectivity index (χ4n) is 2.04. The van der Waals surface area contributed by atoms with Crippen molar-refractivity contribution < 1.29 is 9.13 Å².